The van der Waals surface area contributed by atoms with E-state index in [9.17, 15) is 0 Å². The van der Waals surface area contributed by atoms with Crippen LogP contribution in [0.4, 0.5) is 0 Å². The van der Waals surface area contributed by atoms with Crippen LogP contribution in [0.25, 0.3) is 0 Å². The second-order valence-electron chi connectivity index (χ2n) is 4.34. The van der Waals surface area contributed by atoms with Gasteiger partial charge in [-0.2, -0.15) is 0 Å². The molecular formula is C13H20N2. The summed E-state index contributed by atoms with van der Waals surface area (Å²) in [7, 11) is 0. The van der Waals surface area contributed by atoms with Crippen molar-refractivity contribution in [1.82, 2.24) is 10.6 Å². The Bertz CT molecular complexity index is 278. The average molecular weight is 204 g/mol. The summed E-state index contributed by atoms with van der Waals surface area (Å²) in [4.78, 5) is 0. The van der Waals surface area contributed by atoms with Crippen molar-refractivity contribution in [2.24, 2.45) is 0 Å². The first kappa shape index (κ1) is 10.7. The van der Waals surface area contributed by atoms with E-state index >= 15 is 0 Å². The van der Waals surface area contributed by atoms with Crippen molar-refractivity contribution < 1.29 is 0 Å². The molecule has 2 atom stereocenters. The number of rotatable bonds is 3. The molecule has 0 saturated carbocycles. The molecule has 1 aromatic carbocycles. The van der Waals surface area contributed by atoms with Crippen molar-refractivity contribution in [3.8, 4) is 0 Å². The van der Waals surface area contributed by atoms with Gasteiger partial charge in [0, 0.05) is 18.6 Å². The SMILES string of the molecule is C[C@H](N[C@@H]1CCCNC1)c1ccccc1. The molecule has 1 aliphatic heterocycles. The molecule has 2 rings (SSSR count). The zero-order valence-electron chi connectivity index (χ0n) is 9.37. The number of hydrogen-bond acceptors (Lipinski definition) is 2. The van der Waals surface area contributed by atoms with E-state index in [1.807, 2.05) is 0 Å². The van der Waals surface area contributed by atoms with Gasteiger partial charge in [-0.05, 0) is 31.9 Å². The summed E-state index contributed by atoms with van der Waals surface area (Å²) in [6.45, 7) is 4.53. The second kappa shape index (κ2) is 5.29. The molecule has 1 fully saturated rings. The highest BCUT2D eigenvalue weighted by atomic mass is 15.0. The minimum Gasteiger partial charge on any atom is -0.315 e. The monoisotopic (exact) mass is 204 g/mol. The highest BCUT2D eigenvalue weighted by Gasteiger charge is 2.15. The quantitative estimate of drug-likeness (QED) is 0.788. The zero-order chi connectivity index (χ0) is 10.5. The van der Waals surface area contributed by atoms with E-state index in [4.69, 9.17) is 0 Å². The topological polar surface area (TPSA) is 24.1 Å². The van der Waals surface area contributed by atoms with Gasteiger partial charge in [-0.15, -0.1) is 0 Å². The molecule has 0 unspecified atom stereocenters. The average Bonchev–Trinajstić information content (AvgIpc) is 2.31. The Morgan fingerprint density at radius 2 is 2.13 bits per heavy atom. The first-order valence-corrected chi connectivity index (χ1v) is 5.88. The third-order valence-electron chi connectivity index (χ3n) is 3.08. The molecule has 1 aliphatic rings. The van der Waals surface area contributed by atoms with E-state index in [-0.39, 0.29) is 0 Å². The summed E-state index contributed by atoms with van der Waals surface area (Å²) >= 11 is 0. The van der Waals surface area contributed by atoms with E-state index in [0.717, 1.165) is 6.54 Å². The number of benzene rings is 1. The number of piperidine rings is 1. The fraction of sp³-hybridized carbons (Fsp3) is 0.538. The molecule has 0 radical (unpaired) electrons. The first-order valence-electron chi connectivity index (χ1n) is 5.88. The minimum atomic E-state index is 0.455. The smallest absolute Gasteiger partial charge is 0.0294 e. The molecule has 2 heteroatoms. The van der Waals surface area contributed by atoms with E-state index in [2.05, 4.69) is 47.9 Å². The predicted molar refractivity (Wildman–Crippen MR) is 63.9 cm³/mol. The van der Waals surface area contributed by atoms with E-state index < -0.39 is 0 Å². The Hall–Kier alpha value is -0.860. The van der Waals surface area contributed by atoms with Gasteiger partial charge in [-0.25, -0.2) is 0 Å². The first-order chi connectivity index (χ1) is 7.36. The fourth-order valence-corrected chi connectivity index (χ4v) is 2.19. The lowest BCUT2D eigenvalue weighted by Gasteiger charge is -2.27. The van der Waals surface area contributed by atoms with Crippen molar-refractivity contribution >= 4 is 0 Å². The summed E-state index contributed by atoms with van der Waals surface area (Å²) in [5, 5.41) is 7.10. The van der Waals surface area contributed by atoms with E-state index in [0.29, 0.717) is 12.1 Å². The molecule has 1 saturated heterocycles. The van der Waals surface area contributed by atoms with Gasteiger partial charge in [0.2, 0.25) is 0 Å². The lowest BCUT2D eigenvalue weighted by molar-refractivity contribution is 0.362. The van der Waals surface area contributed by atoms with Crippen molar-refractivity contribution in [2.45, 2.75) is 31.8 Å². The van der Waals surface area contributed by atoms with Crippen molar-refractivity contribution in [3.63, 3.8) is 0 Å². The third-order valence-corrected chi connectivity index (χ3v) is 3.08. The predicted octanol–water partition coefficient (Wildman–Crippen LogP) is 2.09. The van der Waals surface area contributed by atoms with Crippen LogP contribution < -0.4 is 10.6 Å². The maximum Gasteiger partial charge on any atom is 0.0294 e. The van der Waals surface area contributed by atoms with Gasteiger partial charge < -0.3 is 10.6 Å². The van der Waals surface area contributed by atoms with Crippen LogP contribution in [0.15, 0.2) is 30.3 Å². The van der Waals surface area contributed by atoms with Crippen molar-refractivity contribution in [3.05, 3.63) is 35.9 Å². The van der Waals surface area contributed by atoms with Crippen LogP contribution in [0.2, 0.25) is 0 Å². The maximum absolute atomic E-state index is 3.67. The van der Waals surface area contributed by atoms with Crippen LogP contribution in [-0.4, -0.2) is 19.1 Å². The Kier molecular flexibility index (Phi) is 3.75. The normalized spacial score (nSPS) is 23.7. The highest BCUT2D eigenvalue weighted by Crippen LogP contribution is 2.14. The van der Waals surface area contributed by atoms with Gasteiger partial charge in [-0.1, -0.05) is 30.3 Å². The van der Waals surface area contributed by atoms with Crippen LogP contribution >= 0.6 is 0 Å². The molecule has 0 bridgehead atoms. The zero-order valence-corrected chi connectivity index (χ0v) is 9.37. The third kappa shape index (κ3) is 3.05. The second-order valence-corrected chi connectivity index (χ2v) is 4.34. The molecule has 0 spiro atoms. The van der Waals surface area contributed by atoms with Gasteiger partial charge >= 0.3 is 0 Å². The van der Waals surface area contributed by atoms with Crippen LogP contribution in [0, 0.1) is 0 Å². The van der Waals surface area contributed by atoms with Gasteiger partial charge in [-0.3, -0.25) is 0 Å². The standard InChI is InChI=1S/C13H20N2/c1-11(12-6-3-2-4-7-12)15-13-8-5-9-14-10-13/h2-4,6-7,11,13-15H,5,8-10H2,1H3/t11-,13+/m0/s1. The lowest BCUT2D eigenvalue weighted by Crippen LogP contribution is -2.43. The summed E-state index contributed by atoms with van der Waals surface area (Å²) in [5.41, 5.74) is 1.38. The molecule has 0 aliphatic carbocycles. The highest BCUT2D eigenvalue weighted by molar-refractivity contribution is 5.18. The summed E-state index contributed by atoms with van der Waals surface area (Å²) in [5.74, 6) is 0. The van der Waals surface area contributed by atoms with E-state index in [1.54, 1.807) is 0 Å². The molecular weight excluding hydrogens is 184 g/mol. The number of hydrogen-bond donors (Lipinski definition) is 2. The van der Waals surface area contributed by atoms with Crippen molar-refractivity contribution in [1.29, 1.82) is 0 Å². The molecule has 82 valence electrons. The summed E-state index contributed by atoms with van der Waals surface area (Å²) in [6.07, 6.45) is 2.59. The summed E-state index contributed by atoms with van der Waals surface area (Å²) in [6, 6.07) is 11.7. The minimum absolute atomic E-state index is 0.455. The molecule has 1 aromatic rings. The van der Waals surface area contributed by atoms with Crippen molar-refractivity contribution in [2.75, 3.05) is 13.1 Å². The van der Waals surface area contributed by atoms with Crippen LogP contribution in [-0.2, 0) is 0 Å². The lowest BCUT2D eigenvalue weighted by atomic mass is 10.0. The van der Waals surface area contributed by atoms with Gasteiger partial charge in [0.15, 0.2) is 0 Å². The maximum atomic E-state index is 3.67. The number of nitrogens with one attached hydrogen (secondary N) is 2. The molecule has 0 aromatic heterocycles. The molecule has 2 N–H and O–H groups in total. The van der Waals surface area contributed by atoms with Crippen LogP contribution in [0.5, 0.6) is 0 Å². The Morgan fingerprint density at radius 1 is 1.33 bits per heavy atom. The largest absolute Gasteiger partial charge is 0.315 e. The summed E-state index contributed by atoms with van der Waals surface area (Å²) < 4.78 is 0. The molecule has 1 heterocycles. The van der Waals surface area contributed by atoms with Gasteiger partial charge in [0.25, 0.3) is 0 Å². The molecule has 0 amide bonds. The fourth-order valence-electron chi connectivity index (χ4n) is 2.19. The Balaban J connectivity index is 1.88. The molecule has 15 heavy (non-hydrogen) atoms. The van der Waals surface area contributed by atoms with Gasteiger partial charge in [0.05, 0.1) is 0 Å². The van der Waals surface area contributed by atoms with Gasteiger partial charge in [0.1, 0.15) is 0 Å². The van der Waals surface area contributed by atoms with E-state index in [1.165, 1.54) is 24.9 Å². The Labute approximate surface area is 92.1 Å². The van der Waals surface area contributed by atoms with Crippen LogP contribution in [0.3, 0.4) is 0 Å². The Morgan fingerprint density at radius 3 is 2.80 bits per heavy atom. The van der Waals surface area contributed by atoms with Crippen LogP contribution in [0.1, 0.15) is 31.4 Å². The molecule has 2 nitrogen and oxygen atoms in total.